The molecule has 1 fully saturated rings. The lowest BCUT2D eigenvalue weighted by Crippen LogP contribution is -2.45. The fraction of sp³-hybridized carbons (Fsp3) is 0.533. The van der Waals surface area contributed by atoms with Crippen molar-refractivity contribution in [2.45, 2.75) is 30.2 Å². The zero-order chi connectivity index (χ0) is 16.9. The van der Waals surface area contributed by atoms with Gasteiger partial charge in [0.05, 0.1) is 11.5 Å². The average molecular weight is 344 g/mol. The predicted octanol–water partition coefficient (Wildman–Crippen LogP) is 0.921. The van der Waals surface area contributed by atoms with E-state index in [4.69, 9.17) is 0 Å². The average Bonchev–Trinajstić information content (AvgIpc) is 2.59. The normalized spacial score (nSPS) is 19.5. The Morgan fingerprint density at radius 2 is 2.17 bits per heavy atom. The lowest BCUT2D eigenvalue weighted by atomic mass is 10.1. The summed E-state index contributed by atoms with van der Waals surface area (Å²) >= 11 is 0. The molecule has 0 saturated carbocycles. The van der Waals surface area contributed by atoms with Gasteiger partial charge in [-0.05, 0) is 31.0 Å². The molecule has 8 heteroatoms. The Hall–Kier alpha value is -1.51. The van der Waals surface area contributed by atoms with Crippen molar-refractivity contribution < 1.29 is 22.7 Å². The highest BCUT2D eigenvalue weighted by molar-refractivity contribution is 7.89. The Morgan fingerprint density at radius 1 is 1.39 bits per heavy atom. The predicted molar refractivity (Wildman–Crippen MR) is 83.4 cm³/mol. The van der Waals surface area contributed by atoms with E-state index < -0.39 is 28.6 Å². The van der Waals surface area contributed by atoms with Crippen LogP contribution in [-0.2, 0) is 10.0 Å². The third-order valence-corrected chi connectivity index (χ3v) is 5.81. The minimum Gasteiger partial charge on any atom is -0.395 e. The summed E-state index contributed by atoms with van der Waals surface area (Å²) in [5.74, 6) is -0.517. The van der Waals surface area contributed by atoms with Gasteiger partial charge in [0, 0.05) is 24.7 Å². The number of sulfonamides is 1. The van der Waals surface area contributed by atoms with Gasteiger partial charge in [-0.25, -0.2) is 12.8 Å². The van der Waals surface area contributed by atoms with Crippen molar-refractivity contribution in [1.29, 1.82) is 0 Å². The minimum atomic E-state index is -3.78. The van der Waals surface area contributed by atoms with Crippen LogP contribution < -0.4 is 5.32 Å². The van der Waals surface area contributed by atoms with Gasteiger partial charge in [0.1, 0.15) is 6.67 Å². The molecule has 2 rings (SSSR count). The molecule has 0 bridgehead atoms. The van der Waals surface area contributed by atoms with Gasteiger partial charge in [-0.3, -0.25) is 4.79 Å². The maximum absolute atomic E-state index is 12.8. The van der Waals surface area contributed by atoms with Gasteiger partial charge in [-0.2, -0.15) is 4.31 Å². The standard InChI is InChI=1S/C15H21FN2O4S/c16-7-8-17-15(20)12-4-3-6-14(10-12)23(21,22)18-9-2-1-5-13(18)11-19/h3-4,6,10,13,19H,1-2,5,7-9,11H2,(H,17,20)/t13-/m1/s1. The first-order valence-corrected chi connectivity index (χ1v) is 9.01. The maximum Gasteiger partial charge on any atom is 0.251 e. The second kappa shape index (κ2) is 7.85. The zero-order valence-corrected chi connectivity index (χ0v) is 13.6. The second-order valence-electron chi connectivity index (χ2n) is 5.42. The molecule has 0 spiro atoms. The molecule has 1 aromatic carbocycles. The van der Waals surface area contributed by atoms with Crippen LogP contribution >= 0.6 is 0 Å². The van der Waals surface area contributed by atoms with E-state index in [0.717, 1.165) is 12.8 Å². The number of aliphatic hydroxyl groups excluding tert-OH is 1. The van der Waals surface area contributed by atoms with Crippen LogP contribution in [0, 0.1) is 0 Å². The summed E-state index contributed by atoms with van der Waals surface area (Å²) in [5.41, 5.74) is 0.164. The van der Waals surface area contributed by atoms with Gasteiger partial charge in [-0.1, -0.05) is 12.5 Å². The van der Waals surface area contributed by atoms with Gasteiger partial charge >= 0.3 is 0 Å². The number of carbonyl (C=O) groups excluding carboxylic acids is 1. The van der Waals surface area contributed by atoms with Crippen LogP contribution in [0.4, 0.5) is 4.39 Å². The topological polar surface area (TPSA) is 86.7 Å². The highest BCUT2D eigenvalue weighted by Gasteiger charge is 2.33. The molecule has 2 N–H and O–H groups in total. The molecular formula is C15H21FN2O4S. The molecule has 6 nitrogen and oxygen atoms in total. The molecule has 1 amide bonds. The van der Waals surface area contributed by atoms with Gasteiger partial charge < -0.3 is 10.4 Å². The highest BCUT2D eigenvalue weighted by Crippen LogP contribution is 2.25. The van der Waals surface area contributed by atoms with E-state index in [0.29, 0.717) is 13.0 Å². The molecule has 1 atom stereocenters. The molecule has 0 radical (unpaired) electrons. The summed E-state index contributed by atoms with van der Waals surface area (Å²) in [5, 5.41) is 11.8. The number of hydrogen-bond acceptors (Lipinski definition) is 4. The smallest absolute Gasteiger partial charge is 0.251 e. The third-order valence-electron chi connectivity index (χ3n) is 3.87. The first kappa shape index (κ1) is 17.8. The Kier molecular flexibility index (Phi) is 6.09. The van der Waals surface area contributed by atoms with E-state index in [-0.39, 0.29) is 23.6 Å². The summed E-state index contributed by atoms with van der Waals surface area (Å²) in [6.45, 7) is -0.675. The summed E-state index contributed by atoms with van der Waals surface area (Å²) in [6.07, 6.45) is 2.24. The van der Waals surface area contributed by atoms with Crippen molar-refractivity contribution in [3.8, 4) is 0 Å². The van der Waals surface area contributed by atoms with Crippen molar-refractivity contribution in [3.05, 3.63) is 29.8 Å². The van der Waals surface area contributed by atoms with Crippen molar-refractivity contribution >= 4 is 15.9 Å². The summed E-state index contributed by atoms with van der Waals surface area (Å²) in [6, 6.07) is 5.23. The van der Waals surface area contributed by atoms with E-state index in [1.54, 1.807) is 0 Å². The molecule has 1 aromatic rings. The zero-order valence-electron chi connectivity index (χ0n) is 12.7. The van der Waals surface area contributed by atoms with Crippen LogP contribution in [0.2, 0.25) is 0 Å². The number of halogens is 1. The molecular weight excluding hydrogens is 323 g/mol. The van der Waals surface area contributed by atoms with Gasteiger partial charge in [0.15, 0.2) is 0 Å². The van der Waals surface area contributed by atoms with Crippen LogP contribution in [0.25, 0.3) is 0 Å². The van der Waals surface area contributed by atoms with Gasteiger partial charge in [0.2, 0.25) is 10.0 Å². The first-order chi connectivity index (χ1) is 11.0. The molecule has 1 aliphatic heterocycles. The highest BCUT2D eigenvalue weighted by atomic mass is 32.2. The number of alkyl halides is 1. The number of nitrogens with zero attached hydrogens (tertiary/aromatic N) is 1. The number of benzene rings is 1. The van der Waals surface area contributed by atoms with Crippen molar-refractivity contribution in [2.24, 2.45) is 0 Å². The lowest BCUT2D eigenvalue weighted by molar-refractivity contribution is 0.0950. The quantitative estimate of drug-likeness (QED) is 0.803. The Bertz CT molecular complexity index is 651. The number of rotatable bonds is 6. The number of amides is 1. The minimum absolute atomic E-state index is 0.00532. The summed E-state index contributed by atoms with van der Waals surface area (Å²) in [7, 11) is -3.78. The van der Waals surface area contributed by atoms with Crippen LogP contribution in [0.1, 0.15) is 29.6 Å². The van der Waals surface area contributed by atoms with Crippen LogP contribution in [0.15, 0.2) is 29.2 Å². The number of piperidine rings is 1. The monoisotopic (exact) mass is 344 g/mol. The second-order valence-corrected chi connectivity index (χ2v) is 7.31. The fourth-order valence-corrected chi connectivity index (χ4v) is 4.40. The van der Waals surface area contributed by atoms with Gasteiger partial charge in [-0.15, -0.1) is 0 Å². The van der Waals surface area contributed by atoms with E-state index in [1.165, 1.54) is 28.6 Å². The molecule has 0 aromatic heterocycles. The number of hydrogen-bond donors (Lipinski definition) is 2. The Labute approximate surface area is 135 Å². The van der Waals surface area contributed by atoms with E-state index in [9.17, 15) is 22.7 Å². The fourth-order valence-electron chi connectivity index (χ4n) is 2.67. The van der Waals surface area contributed by atoms with Crippen LogP contribution in [0.5, 0.6) is 0 Å². The SMILES string of the molecule is O=C(NCCF)c1cccc(S(=O)(=O)N2CCCC[C@@H]2CO)c1. The molecule has 128 valence electrons. The van der Waals surface area contributed by atoms with Crippen molar-refractivity contribution in [2.75, 3.05) is 26.4 Å². The molecule has 0 unspecified atom stereocenters. The molecule has 1 aliphatic rings. The Balaban J connectivity index is 2.27. The number of carbonyl (C=O) groups is 1. The van der Waals surface area contributed by atoms with Crippen LogP contribution in [0.3, 0.4) is 0 Å². The number of nitrogens with one attached hydrogen (secondary N) is 1. The third kappa shape index (κ3) is 4.07. The van der Waals surface area contributed by atoms with Gasteiger partial charge in [0.25, 0.3) is 5.91 Å². The van der Waals surface area contributed by atoms with Crippen molar-refractivity contribution in [1.82, 2.24) is 9.62 Å². The van der Waals surface area contributed by atoms with Crippen LogP contribution in [-0.4, -0.2) is 56.1 Å². The van der Waals surface area contributed by atoms with E-state index >= 15 is 0 Å². The molecule has 1 heterocycles. The molecule has 1 saturated heterocycles. The summed E-state index contributed by atoms with van der Waals surface area (Å²) < 4.78 is 39.0. The Morgan fingerprint density at radius 3 is 2.87 bits per heavy atom. The summed E-state index contributed by atoms with van der Waals surface area (Å²) in [4.78, 5) is 11.9. The van der Waals surface area contributed by atoms with E-state index in [2.05, 4.69) is 5.32 Å². The lowest BCUT2D eigenvalue weighted by Gasteiger charge is -2.33. The first-order valence-electron chi connectivity index (χ1n) is 7.57. The molecule has 23 heavy (non-hydrogen) atoms. The maximum atomic E-state index is 12.8. The van der Waals surface area contributed by atoms with E-state index in [1.807, 2.05) is 0 Å². The molecule has 0 aliphatic carbocycles. The van der Waals surface area contributed by atoms with Crippen molar-refractivity contribution in [3.63, 3.8) is 0 Å². The largest absolute Gasteiger partial charge is 0.395 e. The number of aliphatic hydroxyl groups is 1.